The molecule has 6 nitrogen and oxygen atoms in total. The summed E-state index contributed by atoms with van der Waals surface area (Å²) < 4.78 is 0.934. The van der Waals surface area contributed by atoms with Gasteiger partial charge in [-0.2, -0.15) is 0 Å². The molecular weight excluding hydrogens is 446 g/mol. The van der Waals surface area contributed by atoms with Crippen LogP contribution in [0.15, 0.2) is 48.9 Å². The Morgan fingerprint density at radius 1 is 1.08 bits per heavy atom. The minimum Gasteiger partial charge on any atom is -0.334 e. The highest BCUT2D eigenvalue weighted by molar-refractivity contribution is 5.94. The number of hydrogen-bond acceptors (Lipinski definition) is 4. The summed E-state index contributed by atoms with van der Waals surface area (Å²) in [7, 11) is 0. The van der Waals surface area contributed by atoms with E-state index in [0.717, 1.165) is 36.1 Å². The van der Waals surface area contributed by atoms with E-state index in [1.54, 1.807) is 6.20 Å². The molecule has 1 atom stereocenters. The number of quaternary nitrogens is 1. The quantitative estimate of drug-likeness (QED) is 0.435. The van der Waals surface area contributed by atoms with Crippen LogP contribution in [0.1, 0.15) is 64.1 Å². The molecule has 0 unspecified atom stereocenters. The summed E-state index contributed by atoms with van der Waals surface area (Å²) in [4.78, 5) is 24.6. The topological polar surface area (TPSA) is 58.1 Å². The maximum absolute atomic E-state index is 13.3. The predicted octanol–water partition coefficient (Wildman–Crippen LogP) is 4.77. The molecule has 3 aromatic rings. The number of aromatic nitrogens is 2. The first-order chi connectivity index (χ1) is 17.5. The fourth-order valence-electron chi connectivity index (χ4n) is 6.29. The van der Waals surface area contributed by atoms with E-state index in [0.29, 0.717) is 18.2 Å². The number of aryl methyl sites for hydroxylation is 1. The van der Waals surface area contributed by atoms with Crippen molar-refractivity contribution in [3.8, 4) is 11.1 Å². The first-order valence-corrected chi connectivity index (χ1v) is 13.2. The monoisotopic (exact) mass is 478 g/mol. The van der Waals surface area contributed by atoms with E-state index in [4.69, 9.17) is 4.98 Å². The summed E-state index contributed by atoms with van der Waals surface area (Å²) in [6.07, 6.45) is 9.34. The molecule has 1 aromatic carbocycles. The number of allylic oxidation sites excluding steroid dienone is 1. The number of amides is 1. The highest BCUT2D eigenvalue weighted by Crippen LogP contribution is 2.45. The number of pyridine rings is 2. The maximum Gasteiger partial charge on any atom is 0.255 e. The van der Waals surface area contributed by atoms with Crippen molar-refractivity contribution in [3.63, 3.8) is 0 Å². The number of carbonyl (C=O) groups is 1. The zero-order valence-corrected chi connectivity index (χ0v) is 21.1. The standard InChI is InChI=1S/C30H32N5O/c1-19-18-35(10-11-35)29-25(19)14-24(16-33-29)23-12-21-7-9-34(30(36)22-6-5-20(2)32-15-22)17-27(21)26(13-23)28-4-3-8-31-28/h5-6,12-16,18,28,31H,3-4,7-11,17H2,1-2H3/q+1/t28-/m0/s1. The highest BCUT2D eigenvalue weighted by atomic mass is 16.2. The van der Waals surface area contributed by atoms with Crippen molar-refractivity contribution in [2.45, 2.75) is 45.7 Å². The molecule has 0 radical (unpaired) electrons. The first-order valence-electron chi connectivity index (χ1n) is 13.2. The Bertz CT molecular complexity index is 1410. The van der Waals surface area contributed by atoms with Crippen molar-refractivity contribution in [2.75, 3.05) is 26.2 Å². The first kappa shape index (κ1) is 21.9. The molecule has 4 aliphatic rings. The number of nitrogens with one attached hydrogen (secondary N) is 1. The van der Waals surface area contributed by atoms with Gasteiger partial charge < -0.3 is 10.2 Å². The van der Waals surface area contributed by atoms with E-state index in [2.05, 4.69) is 47.8 Å². The minimum atomic E-state index is 0.0692. The molecule has 0 bridgehead atoms. The largest absolute Gasteiger partial charge is 0.334 e. The zero-order chi connectivity index (χ0) is 24.4. The van der Waals surface area contributed by atoms with Gasteiger partial charge in [-0.1, -0.05) is 6.07 Å². The Kier molecular flexibility index (Phi) is 4.92. The molecule has 36 heavy (non-hydrogen) atoms. The van der Waals surface area contributed by atoms with Crippen molar-refractivity contribution in [2.24, 2.45) is 0 Å². The highest BCUT2D eigenvalue weighted by Gasteiger charge is 2.50. The average Bonchev–Trinajstić information content (AvgIpc) is 3.35. The third-order valence-electron chi connectivity index (χ3n) is 8.45. The molecule has 0 saturated carbocycles. The van der Waals surface area contributed by atoms with Crippen molar-refractivity contribution >= 4 is 17.3 Å². The molecule has 2 fully saturated rings. The maximum atomic E-state index is 13.3. The fraction of sp³-hybridized carbons (Fsp3) is 0.367. The van der Waals surface area contributed by atoms with Gasteiger partial charge in [0.25, 0.3) is 5.91 Å². The van der Waals surface area contributed by atoms with Crippen molar-refractivity contribution in [1.29, 1.82) is 0 Å². The molecule has 182 valence electrons. The number of nitrogens with zero attached hydrogens (tertiary/aromatic N) is 4. The smallest absolute Gasteiger partial charge is 0.255 e. The molecule has 1 amide bonds. The Morgan fingerprint density at radius 2 is 1.97 bits per heavy atom. The van der Waals surface area contributed by atoms with Crippen molar-refractivity contribution in [1.82, 2.24) is 24.7 Å². The molecule has 0 aliphatic carbocycles. The number of benzene rings is 1. The normalized spacial score (nSPS) is 21.3. The summed E-state index contributed by atoms with van der Waals surface area (Å²) in [5.74, 6) is 1.28. The van der Waals surface area contributed by atoms with Crippen LogP contribution in [0, 0.1) is 6.92 Å². The van der Waals surface area contributed by atoms with Crippen LogP contribution in [-0.2, 0) is 13.0 Å². The molecule has 4 aliphatic heterocycles. The molecule has 1 N–H and O–H groups in total. The van der Waals surface area contributed by atoms with E-state index in [1.165, 1.54) is 64.3 Å². The molecule has 2 aromatic heterocycles. The number of carbonyl (C=O) groups excluding carboxylic acids is 1. The van der Waals surface area contributed by atoms with Gasteiger partial charge in [-0.05, 0) is 86.2 Å². The lowest BCUT2D eigenvalue weighted by Gasteiger charge is -2.32. The lowest BCUT2D eigenvalue weighted by atomic mass is 9.86. The van der Waals surface area contributed by atoms with Crippen LogP contribution in [0.3, 0.4) is 0 Å². The molecule has 2 saturated heterocycles. The van der Waals surface area contributed by atoms with Gasteiger partial charge in [-0.15, -0.1) is 0 Å². The second kappa shape index (κ2) is 8.08. The molecule has 6 heterocycles. The SMILES string of the molecule is CC1=C[N+]2(CC2)c2ncc(-c3cc4c(c([C@@H]5CCCN5)c3)CN(C(=O)c3ccc(C)nc3)CC4)cc21. The third-order valence-corrected chi connectivity index (χ3v) is 8.45. The summed E-state index contributed by atoms with van der Waals surface area (Å²) in [5, 5.41) is 3.71. The van der Waals surface area contributed by atoms with Gasteiger partial charge in [0.2, 0.25) is 5.82 Å². The van der Waals surface area contributed by atoms with Crippen molar-refractivity contribution < 1.29 is 4.79 Å². The number of fused-ring (bicyclic) bond motifs is 3. The van der Waals surface area contributed by atoms with Crippen LogP contribution in [0.4, 0.5) is 5.82 Å². The molecular formula is C30H32N5O+. The number of hydrogen-bond donors (Lipinski definition) is 1. The summed E-state index contributed by atoms with van der Waals surface area (Å²) >= 11 is 0. The Morgan fingerprint density at radius 3 is 2.72 bits per heavy atom. The van der Waals surface area contributed by atoms with Crippen molar-refractivity contribution in [3.05, 3.63) is 82.4 Å². The van der Waals surface area contributed by atoms with Gasteiger partial charge in [-0.25, -0.2) is 9.47 Å². The minimum absolute atomic E-state index is 0.0692. The zero-order valence-electron chi connectivity index (χ0n) is 21.1. The van der Waals surface area contributed by atoms with Crippen LogP contribution in [0.2, 0.25) is 0 Å². The summed E-state index contributed by atoms with van der Waals surface area (Å²) in [5.41, 5.74) is 10.7. The van der Waals surface area contributed by atoms with Crippen LogP contribution >= 0.6 is 0 Å². The fourth-order valence-corrected chi connectivity index (χ4v) is 6.29. The van der Waals surface area contributed by atoms with Crippen LogP contribution in [0.5, 0.6) is 0 Å². The van der Waals surface area contributed by atoms with Gasteiger partial charge in [0.1, 0.15) is 19.3 Å². The second-order valence-corrected chi connectivity index (χ2v) is 10.9. The molecule has 7 rings (SSSR count). The second-order valence-electron chi connectivity index (χ2n) is 10.9. The van der Waals surface area contributed by atoms with E-state index < -0.39 is 0 Å². The third kappa shape index (κ3) is 3.51. The van der Waals surface area contributed by atoms with Gasteiger partial charge in [0, 0.05) is 48.4 Å². The average molecular weight is 479 g/mol. The predicted molar refractivity (Wildman–Crippen MR) is 142 cm³/mol. The lowest BCUT2D eigenvalue weighted by molar-refractivity contribution is 0.0733. The molecule has 6 heteroatoms. The van der Waals surface area contributed by atoms with E-state index >= 15 is 0 Å². The Hall–Kier alpha value is -3.35. The van der Waals surface area contributed by atoms with E-state index in [-0.39, 0.29) is 5.91 Å². The van der Waals surface area contributed by atoms with Crippen LogP contribution in [-0.4, -0.2) is 47.0 Å². The summed E-state index contributed by atoms with van der Waals surface area (Å²) in [6, 6.07) is 11.2. The van der Waals surface area contributed by atoms with Crippen LogP contribution in [0.25, 0.3) is 16.7 Å². The van der Waals surface area contributed by atoms with Gasteiger partial charge in [-0.3, -0.25) is 9.78 Å². The summed E-state index contributed by atoms with van der Waals surface area (Å²) in [6.45, 7) is 8.92. The van der Waals surface area contributed by atoms with E-state index in [1.807, 2.05) is 24.0 Å². The lowest BCUT2D eigenvalue weighted by Crippen LogP contribution is -2.37. The Balaban J connectivity index is 1.26. The number of rotatable bonds is 3. The van der Waals surface area contributed by atoms with Gasteiger partial charge in [0.15, 0.2) is 0 Å². The van der Waals surface area contributed by atoms with Crippen LogP contribution < -0.4 is 9.80 Å². The van der Waals surface area contributed by atoms with Gasteiger partial charge >= 0.3 is 0 Å². The molecule has 1 spiro atoms. The van der Waals surface area contributed by atoms with E-state index in [9.17, 15) is 4.79 Å². The Labute approximate surface area is 212 Å². The van der Waals surface area contributed by atoms with Gasteiger partial charge in [0.05, 0.1) is 11.1 Å².